The molecule has 0 aromatic heterocycles. The van der Waals surface area contributed by atoms with Gasteiger partial charge >= 0.3 is 6.36 Å². The molecule has 1 fully saturated rings. The molecule has 10 heteroatoms. The number of rotatable bonds is 4. The largest absolute Gasteiger partial charge is 0.573 e. The Labute approximate surface area is 134 Å². The maximum Gasteiger partial charge on any atom is 0.573 e. The van der Waals surface area contributed by atoms with Crippen molar-refractivity contribution in [3.8, 4) is 5.75 Å². The first-order valence-corrected chi connectivity index (χ1v) is 9.51. The summed E-state index contributed by atoms with van der Waals surface area (Å²) in [4.78, 5) is -0.970. The molecule has 0 saturated heterocycles. The van der Waals surface area contributed by atoms with Gasteiger partial charge in [0.1, 0.15) is 10.6 Å². The standard InChI is InChI=1S/C13H15F3O5S2/c14-13(15,16)21-11-8-9(22(17)18)6-7-12(11)23(19,20)10-4-2-1-3-5-10/h6-8,10H,1-5H2,(H,17,18). The van der Waals surface area contributed by atoms with Crippen molar-refractivity contribution in [1.29, 1.82) is 0 Å². The number of hydrogen-bond donors (Lipinski definition) is 1. The average molecular weight is 372 g/mol. The first-order chi connectivity index (χ1) is 10.6. The van der Waals surface area contributed by atoms with Crippen LogP contribution in [0.25, 0.3) is 0 Å². The molecule has 0 amide bonds. The fourth-order valence-electron chi connectivity index (χ4n) is 2.59. The van der Waals surface area contributed by atoms with Crippen LogP contribution < -0.4 is 4.74 Å². The summed E-state index contributed by atoms with van der Waals surface area (Å²) in [5.41, 5.74) is 0. The molecular formula is C13H15F3O5S2. The summed E-state index contributed by atoms with van der Waals surface area (Å²) in [7, 11) is -4.01. The van der Waals surface area contributed by atoms with Crippen LogP contribution >= 0.6 is 0 Å². The van der Waals surface area contributed by atoms with Gasteiger partial charge in [0, 0.05) is 6.07 Å². The number of halogens is 3. The van der Waals surface area contributed by atoms with E-state index in [-0.39, 0.29) is 4.90 Å². The van der Waals surface area contributed by atoms with Crippen molar-refractivity contribution in [2.24, 2.45) is 0 Å². The van der Waals surface area contributed by atoms with Crippen LogP contribution in [0.5, 0.6) is 5.75 Å². The van der Waals surface area contributed by atoms with Crippen molar-refractivity contribution < 1.29 is 35.1 Å². The molecule has 1 unspecified atom stereocenters. The second-order valence-electron chi connectivity index (χ2n) is 5.21. The number of hydrogen-bond acceptors (Lipinski definition) is 4. The van der Waals surface area contributed by atoms with Gasteiger partial charge in [-0.3, -0.25) is 0 Å². The zero-order chi connectivity index (χ0) is 17.3. The summed E-state index contributed by atoms with van der Waals surface area (Å²) >= 11 is -2.55. The molecular weight excluding hydrogens is 357 g/mol. The minimum atomic E-state index is -5.10. The molecule has 1 aliphatic carbocycles. The molecule has 0 spiro atoms. The second kappa shape index (κ2) is 6.78. The molecule has 1 aliphatic rings. The highest BCUT2D eigenvalue weighted by Crippen LogP contribution is 2.36. The van der Waals surface area contributed by atoms with Gasteiger partial charge in [0.25, 0.3) is 0 Å². The number of sulfone groups is 1. The van der Waals surface area contributed by atoms with Crippen molar-refractivity contribution in [3.05, 3.63) is 18.2 Å². The summed E-state index contributed by atoms with van der Waals surface area (Å²) in [6.07, 6.45) is -2.08. The van der Waals surface area contributed by atoms with Crippen LogP contribution in [0.4, 0.5) is 13.2 Å². The molecule has 0 radical (unpaired) electrons. The molecule has 0 heterocycles. The van der Waals surface area contributed by atoms with Gasteiger partial charge in [-0.1, -0.05) is 19.3 Å². The van der Waals surface area contributed by atoms with Crippen LogP contribution in [0.2, 0.25) is 0 Å². The zero-order valence-electron chi connectivity index (χ0n) is 11.9. The number of ether oxygens (including phenoxy) is 1. The van der Waals surface area contributed by atoms with Gasteiger partial charge in [-0.05, 0) is 25.0 Å². The molecule has 1 saturated carbocycles. The Hall–Kier alpha value is -1.13. The van der Waals surface area contributed by atoms with Crippen molar-refractivity contribution in [3.63, 3.8) is 0 Å². The van der Waals surface area contributed by atoms with Gasteiger partial charge in [0.15, 0.2) is 20.9 Å². The molecule has 23 heavy (non-hydrogen) atoms. The molecule has 2 rings (SSSR count). The predicted octanol–water partition coefficient (Wildman–Crippen LogP) is 3.27. The van der Waals surface area contributed by atoms with Gasteiger partial charge in [0.05, 0.1) is 10.1 Å². The zero-order valence-corrected chi connectivity index (χ0v) is 13.5. The third-order valence-electron chi connectivity index (χ3n) is 3.64. The van der Waals surface area contributed by atoms with Crippen molar-refractivity contribution >= 4 is 20.9 Å². The third kappa shape index (κ3) is 4.45. The molecule has 0 bridgehead atoms. The van der Waals surface area contributed by atoms with E-state index in [0.29, 0.717) is 31.7 Å². The van der Waals surface area contributed by atoms with Crippen LogP contribution in [-0.2, 0) is 20.9 Å². The Morgan fingerprint density at radius 2 is 1.78 bits per heavy atom. The van der Waals surface area contributed by atoms with E-state index in [4.69, 9.17) is 4.55 Å². The topological polar surface area (TPSA) is 80.7 Å². The molecule has 0 aliphatic heterocycles. The summed E-state index contributed by atoms with van der Waals surface area (Å²) in [5.74, 6) is -0.969. The number of alkyl halides is 3. The first-order valence-electron chi connectivity index (χ1n) is 6.86. The van der Waals surface area contributed by atoms with Crippen molar-refractivity contribution in [1.82, 2.24) is 0 Å². The Morgan fingerprint density at radius 1 is 1.17 bits per heavy atom. The lowest BCUT2D eigenvalue weighted by Gasteiger charge is -2.23. The molecule has 1 aromatic rings. The smallest absolute Gasteiger partial charge is 0.404 e. The van der Waals surface area contributed by atoms with Crippen molar-refractivity contribution in [2.75, 3.05) is 0 Å². The van der Waals surface area contributed by atoms with Gasteiger partial charge < -0.3 is 9.29 Å². The highest BCUT2D eigenvalue weighted by molar-refractivity contribution is 7.92. The van der Waals surface area contributed by atoms with Crippen LogP contribution in [0.3, 0.4) is 0 Å². The first kappa shape index (κ1) is 18.2. The Morgan fingerprint density at radius 3 is 2.30 bits per heavy atom. The maximum atomic E-state index is 12.6. The van der Waals surface area contributed by atoms with E-state index in [1.165, 1.54) is 0 Å². The van der Waals surface area contributed by atoms with Gasteiger partial charge in [0.2, 0.25) is 0 Å². The lowest BCUT2D eigenvalue weighted by atomic mass is 10.0. The van der Waals surface area contributed by atoms with E-state index >= 15 is 0 Å². The van der Waals surface area contributed by atoms with E-state index < -0.39 is 43.2 Å². The Bertz CT molecular complexity index is 694. The fraction of sp³-hybridized carbons (Fsp3) is 0.538. The second-order valence-corrected chi connectivity index (χ2v) is 8.38. The van der Waals surface area contributed by atoms with Crippen LogP contribution in [0.15, 0.2) is 28.0 Å². The van der Waals surface area contributed by atoms with E-state index in [0.717, 1.165) is 18.6 Å². The van der Waals surface area contributed by atoms with Crippen LogP contribution in [-0.4, -0.2) is 28.8 Å². The lowest BCUT2D eigenvalue weighted by molar-refractivity contribution is -0.275. The quantitative estimate of drug-likeness (QED) is 0.821. The van der Waals surface area contributed by atoms with E-state index in [1.54, 1.807) is 0 Å². The summed E-state index contributed by atoms with van der Waals surface area (Å²) in [6, 6.07) is 2.54. The monoisotopic (exact) mass is 372 g/mol. The molecule has 1 aromatic carbocycles. The SMILES string of the molecule is O=S(O)c1ccc(S(=O)(=O)C2CCCCC2)c(OC(F)(F)F)c1. The van der Waals surface area contributed by atoms with Gasteiger partial charge in [-0.25, -0.2) is 12.6 Å². The van der Waals surface area contributed by atoms with E-state index in [1.807, 2.05) is 0 Å². The Kier molecular flexibility index (Phi) is 5.37. The molecule has 130 valence electrons. The third-order valence-corrected chi connectivity index (χ3v) is 6.60. The van der Waals surface area contributed by atoms with Crippen LogP contribution in [0, 0.1) is 0 Å². The minimum absolute atomic E-state index is 0.369. The average Bonchev–Trinajstić information content (AvgIpc) is 2.46. The normalized spacial score (nSPS) is 18.6. The highest BCUT2D eigenvalue weighted by Gasteiger charge is 2.37. The maximum absolute atomic E-state index is 12.6. The molecule has 1 atom stereocenters. The predicted molar refractivity (Wildman–Crippen MR) is 76.2 cm³/mol. The van der Waals surface area contributed by atoms with E-state index in [9.17, 15) is 25.8 Å². The molecule has 1 N–H and O–H groups in total. The van der Waals surface area contributed by atoms with Crippen LogP contribution in [0.1, 0.15) is 32.1 Å². The van der Waals surface area contributed by atoms with E-state index in [2.05, 4.69) is 4.74 Å². The summed E-state index contributed by atoms with van der Waals surface area (Å²) in [6.45, 7) is 0. The van der Waals surface area contributed by atoms with Gasteiger partial charge in [-0.15, -0.1) is 13.2 Å². The lowest BCUT2D eigenvalue weighted by Crippen LogP contribution is -2.26. The fourth-order valence-corrected chi connectivity index (χ4v) is 4.94. The number of benzene rings is 1. The summed E-state index contributed by atoms with van der Waals surface area (Å²) < 4.78 is 86.5. The van der Waals surface area contributed by atoms with Gasteiger partial charge in [-0.2, -0.15) is 0 Å². The van der Waals surface area contributed by atoms with Crippen molar-refractivity contribution in [2.45, 2.75) is 53.5 Å². The Balaban J connectivity index is 2.49. The highest BCUT2D eigenvalue weighted by atomic mass is 32.2. The minimum Gasteiger partial charge on any atom is -0.404 e. The summed E-state index contributed by atoms with van der Waals surface area (Å²) in [5, 5.41) is -0.766. The molecule has 5 nitrogen and oxygen atoms in total.